The fraction of sp³-hybridized carbons (Fsp3) is 0.600. The van der Waals surface area contributed by atoms with Gasteiger partial charge in [-0.15, -0.1) is 0 Å². The van der Waals surface area contributed by atoms with Crippen LogP contribution in [0.15, 0.2) is 18.2 Å². The number of aliphatic hydroxyl groups excluding tert-OH is 1. The van der Waals surface area contributed by atoms with Crippen LogP contribution in [0.1, 0.15) is 36.8 Å². The highest BCUT2D eigenvalue weighted by atomic mass is 16.6. The Balaban J connectivity index is 2.09. The molecule has 1 unspecified atom stereocenters. The summed E-state index contributed by atoms with van der Waals surface area (Å²) in [6, 6.07) is 5.80. The number of benzene rings is 1. The van der Waals surface area contributed by atoms with Crippen LogP contribution in [0.3, 0.4) is 0 Å². The Morgan fingerprint density at radius 3 is 3.00 bits per heavy atom. The van der Waals surface area contributed by atoms with Gasteiger partial charge in [0.1, 0.15) is 0 Å². The third-order valence-corrected chi connectivity index (χ3v) is 4.18. The highest BCUT2D eigenvalue weighted by Gasteiger charge is 2.25. The number of nitro benzene ring substituents is 1. The van der Waals surface area contributed by atoms with E-state index in [9.17, 15) is 10.1 Å². The molecule has 0 spiro atoms. The van der Waals surface area contributed by atoms with Crippen LogP contribution in [0.2, 0.25) is 0 Å². The molecule has 1 aliphatic rings. The maximum Gasteiger partial charge on any atom is 0.272 e. The zero-order valence-corrected chi connectivity index (χ0v) is 11.9. The van der Waals surface area contributed by atoms with E-state index in [1.54, 1.807) is 12.1 Å². The van der Waals surface area contributed by atoms with Gasteiger partial charge in [0, 0.05) is 30.8 Å². The van der Waals surface area contributed by atoms with E-state index in [1.165, 1.54) is 6.42 Å². The summed E-state index contributed by atoms with van der Waals surface area (Å²) < 4.78 is 0. The monoisotopic (exact) mass is 278 g/mol. The van der Waals surface area contributed by atoms with E-state index < -0.39 is 0 Å². The van der Waals surface area contributed by atoms with Crippen LogP contribution in [0.4, 0.5) is 5.69 Å². The Kier molecular flexibility index (Phi) is 5.09. The number of rotatable bonds is 6. The number of hydrogen-bond donors (Lipinski definition) is 1. The van der Waals surface area contributed by atoms with E-state index in [2.05, 4.69) is 4.90 Å². The Labute approximate surface area is 119 Å². The van der Waals surface area contributed by atoms with Crippen molar-refractivity contribution in [2.75, 3.05) is 13.2 Å². The first-order valence-corrected chi connectivity index (χ1v) is 7.21. The maximum absolute atomic E-state index is 11.0. The molecule has 5 nitrogen and oxygen atoms in total. The summed E-state index contributed by atoms with van der Waals surface area (Å²) >= 11 is 0. The van der Waals surface area contributed by atoms with Crippen molar-refractivity contribution in [2.24, 2.45) is 0 Å². The Bertz CT molecular complexity index is 476. The second kappa shape index (κ2) is 6.81. The Hall–Kier alpha value is -1.46. The van der Waals surface area contributed by atoms with Crippen molar-refractivity contribution >= 4 is 5.69 Å². The second-order valence-electron chi connectivity index (χ2n) is 5.45. The SMILES string of the molecule is Cc1c(CN2CCCC2CCCO)cccc1[N+](=O)[O-]. The van der Waals surface area contributed by atoms with Crippen LogP contribution in [0.5, 0.6) is 0 Å². The van der Waals surface area contributed by atoms with Gasteiger partial charge in [0.25, 0.3) is 5.69 Å². The minimum Gasteiger partial charge on any atom is -0.396 e. The molecule has 0 amide bonds. The van der Waals surface area contributed by atoms with Gasteiger partial charge in [-0.1, -0.05) is 12.1 Å². The molecule has 2 rings (SSSR count). The number of hydrogen-bond acceptors (Lipinski definition) is 4. The molecule has 0 aliphatic carbocycles. The predicted octanol–water partition coefficient (Wildman–Crippen LogP) is 2.64. The molecule has 5 heteroatoms. The van der Waals surface area contributed by atoms with E-state index in [0.717, 1.165) is 43.5 Å². The van der Waals surface area contributed by atoms with Gasteiger partial charge in [0.05, 0.1) is 4.92 Å². The molecule has 1 aromatic rings. The standard InChI is InChI=1S/C15H22N2O3/c1-12-13(5-2-8-15(12)17(19)20)11-16-9-3-6-14(16)7-4-10-18/h2,5,8,14,18H,3-4,6-7,9-11H2,1H3. The second-order valence-corrected chi connectivity index (χ2v) is 5.45. The number of nitro groups is 1. The van der Waals surface area contributed by atoms with Crippen molar-refractivity contribution < 1.29 is 10.0 Å². The molecule has 1 atom stereocenters. The average Bonchev–Trinajstić information content (AvgIpc) is 2.85. The van der Waals surface area contributed by atoms with Crippen molar-refractivity contribution in [2.45, 2.75) is 45.2 Å². The molecular weight excluding hydrogens is 256 g/mol. The minimum absolute atomic E-state index is 0.202. The molecule has 1 aliphatic heterocycles. The lowest BCUT2D eigenvalue weighted by Crippen LogP contribution is -2.29. The zero-order valence-electron chi connectivity index (χ0n) is 11.9. The summed E-state index contributed by atoms with van der Waals surface area (Å²) in [6.45, 7) is 3.87. The molecule has 1 saturated heterocycles. The molecule has 0 bridgehead atoms. The van der Waals surface area contributed by atoms with Crippen molar-refractivity contribution in [3.63, 3.8) is 0 Å². The first kappa shape index (κ1) is 14.9. The van der Waals surface area contributed by atoms with Gasteiger partial charge in [-0.2, -0.15) is 0 Å². The molecular formula is C15H22N2O3. The quantitative estimate of drug-likeness (QED) is 0.641. The van der Waals surface area contributed by atoms with Crippen LogP contribution >= 0.6 is 0 Å². The summed E-state index contributed by atoms with van der Waals surface area (Å²) in [5.74, 6) is 0. The number of aliphatic hydroxyl groups is 1. The van der Waals surface area contributed by atoms with Gasteiger partial charge in [-0.3, -0.25) is 15.0 Å². The topological polar surface area (TPSA) is 66.6 Å². The van der Waals surface area contributed by atoms with E-state index in [4.69, 9.17) is 5.11 Å². The summed E-state index contributed by atoms with van der Waals surface area (Å²) in [7, 11) is 0. The number of nitrogens with zero attached hydrogens (tertiary/aromatic N) is 2. The molecule has 1 aromatic carbocycles. The fourth-order valence-corrected chi connectivity index (χ4v) is 3.01. The van der Waals surface area contributed by atoms with Crippen molar-refractivity contribution in [1.82, 2.24) is 4.90 Å². The first-order valence-electron chi connectivity index (χ1n) is 7.21. The Morgan fingerprint density at radius 2 is 2.30 bits per heavy atom. The summed E-state index contributed by atoms with van der Waals surface area (Å²) in [4.78, 5) is 13.1. The van der Waals surface area contributed by atoms with E-state index in [0.29, 0.717) is 6.04 Å². The van der Waals surface area contributed by atoms with Gasteiger partial charge in [-0.25, -0.2) is 0 Å². The molecule has 0 radical (unpaired) electrons. The van der Waals surface area contributed by atoms with Crippen molar-refractivity contribution in [3.8, 4) is 0 Å². The normalized spacial score (nSPS) is 19.4. The molecule has 0 saturated carbocycles. The van der Waals surface area contributed by atoms with Gasteiger partial charge in [0.15, 0.2) is 0 Å². The van der Waals surface area contributed by atoms with Gasteiger partial charge in [-0.05, 0) is 44.7 Å². The molecule has 1 fully saturated rings. The minimum atomic E-state index is -0.313. The molecule has 1 N–H and O–H groups in total. The van der Waals surface area contributed by atoms with Crippen LogP contribution < -0.4 is 0 Å². The largest absolute Gasteiger partial charge is 0.396 e. The summed E-state index contributed by atoms with van der Waals surface area (Å²) in [5.41, 5.74) is 2.01. The maximum atomic E-state index is 11.0. The molecule has 1 heterocycles. The highest BCUT2D eigenvalue weighted by molar-refractivity contribution is 5.44. The Morgan fingerprint density at radius 1 is 1.50 bits per heavy atom. The van der Waals surface area contributed by atoms with Crippen molar-refractivity contribution in [3.05, 3.63) is 39.4 Å². The summed E-state index contributed by atoms with van der Waals surface area (Å²) in [5, 5.41) is 19.9. The summed E-state index contributed by atoms with van der Waals surface area (Å²) in [6.07, 6.45) is 4.16. The molecule has 0 aromatic heterocycles. The molecule has 110 valence electrons. The van der Waals surface area contributed by atoms with Crippen LogP contribution in [0.25, 0.3) is 0 Å². The van der Waals surface area contributed by atoms with E-state index in [-0.39, 0.29) is 17.2 Å². The van der Waals surface area contributed by atoms with Crippen LogP contribution in [0, 0.1) is 17.0 Å². The first-order chi connectivity index (χ1) is 9.63. The lowest BCUT2D eigenvalue weighted by atomic mass is 10.0. The molecule has 20 heavy (non-hydrogen) atoms. The van der Waals surface area contributed by atoms with Gasteiger partial charge < -0.3 is 5.11 Å². The van der Waals surface area contributed by atoms with Crippen molar-refractivity contribution in [1.29, 1.82) is 0 Å². The van der Waals surface area contributed by atoms with Gasteiger partial charge in [0.2, 0.25) is 0 Å². The third kappa shape index (κ3) is 3.35. The smallest absolute Gasteiger partial charge is 0.272 e. The third-order valence-electron chi connectivity index (χ3n) is 4.18. The van der Waals surface area contributed by atoms with Gasteiger partial charge >= 0.3 is 0 Å². The highest BCUT2D eigenvalue weighted by Crippen LogP contribution is 2.27. The van der Waals surface area contributed by atoms with Crippen LogP contribution in [-0.2, 0) is 6.54 Å². The average molecular weight is 278 g/mol. The van der Waals surface area contributed by atoms with E-state index >= 15 is 0 Å². The lowest BCUT2D eigenvalue weighted by Gasteiger charge is -2.25. The number of likely N-dealkylation sites (tertiary alicyclic amines) is 1. The van der Waals surface area contributed by atoms with E-state index in [1.807, 2.05) is 13.0 Å². The van der Waals surface area contributed by atoms with Crippen LogP contribution in [-0.4, -0.2) is 34.1 Å². The fourth-order valence-electron chi connectivity index (χ4n) is 3.01. The lowest BCUT2D eigenvalue weighted by molar-refractivity contribution is -0.385. The zero-order chi connectivity index (χ0) is 14.5. The predicted molar refractivity (Wildman–Crippen MR) is 77.6 cm³/mol.